The van der Waals surface area contributed by atoms with E-state index in [1.807, 2.05) is 42.2 Å². The zero-order valence-corrected chi connectivity index (χ0v) is 14.8. The molecule has 1 aromatic carbocycles. The summed E-state index contributed by atoms with van der Waals surface area (Å²) in [4.78, 5) is 19.3. The second-order valence-electron chi connectivity index (χ2n) is 6.67. The fraction of sp³-hybridized carbons (Fsp3) is 0.368. The number of hydrogen-bond acceptors (Lipinski definition) is 5. The lowest BCUT2D eigenvalue weighted by Crippen LogP contribution is -2.47. The monoisotopic (exact) mass is 350 g/mol. The highest BCUT2D eigenvalue weighted by atomic mass is 16.2. The third-order valence-corrected chi connectivity index (χ3v) is 5.11. The number of nitrogens with zero attached hydrogens (tertiary/aromatic N) is 5. The van der Waals surface area contributed by atoms with Gasteiger partial charge in [-0.05, 0) is 50.5 Å². The Bertz CT molecular complexity index is 945. The first-order valence-electron chi connectivity index (χ1n) is 8.98. The standard InChI is InChI=1S/C19H22N6O/c1-13-18(19(26)24-11-3-2-6-14(24)12-20)22-23-25(13)17-9-4-8-16-15(17)7-5-10-21-16/h4-5,7-10,14H,2-3,6,11-12,20H2,1H3. The first-order chi connectivity index (χ1) is 12.7. The summed E-state index contributed by atoms with van der Waals surface area (Å²) in [6.45, 7) is 3.09. The topological polar surface area (TPSA) is 89.9 Å². The molecule has 0 radical (unpaired) electrons. The van der Waals surface area contributed by atoms with Crippen LogP contribution in [0.15, 0.2) is 36.5 Å². The minimum atomic E-state index is -0.0812. The van der Waals surface area contributed by atoms with Gasteiger partial charge in [-0.15, -0.1) is 5.10 Å². The number of nitrogens with two attached hydrogens (primary N) is 1. The number of hydrogen-bond donors (Lipinski definition) is 1. The Morgan fingerprint density at radius 1 is 1.27 bits per heavy atom. The predicted octanol–water partition coefficient (Wildman–Crippen LogP) is 2.08. The highest BCUT2D eigenvalue weighted by Gasteiger charge is 2.30. The molecule has 1 unspecified atom stereocenters. The summed E-state index contributed by atoms with van der Waals surface area (Å²) in [5, 5.41) is 9.44. The van der Waals surface area contributed by atoms with Gasteiger partial charge in [-0.25, -0.2) is 4.68 Å². The number of fused-ring (bicyclic) bond motifs is 1. The maximum absolute atomic E-state index is 13.0. The van der Waals surface area contributed by atoms with Crippen LogP contribution in [0.3, 0.4) is 0 Å². The first-order valence-corrected chi connectivity index (χ1v) is 8.98. The van der Waals surface area contributed by atoms with Crippen molar-refractivity contribution in [3.05, 3.63) is 47.9 Å². The van der Waals surface area contributed by atoms with Crippen LogP contribution in [0.4, 0.5) is 0 Å². The zero-order chi connectivity index (χ0) is 18.1. The van der Waals surface area contributed by atoms with Crippen molar-refractivity contribution < 1.29 is 4.79 Å². The minimum absolute atomic E-state index is 0.0812. The van der Waals surface area contributed by atoms with Crippen molar-refractivity contribution >= 4 is 16.8 Å². The van der Waals surface area contributed by atoms with E-state index in [2.05, 4.69) is 15.3 Å². The van der Waals surface area contributed by atoms with E-state index in [1.54, 1.807) is 10.9 Å². The molecule has 0 bridgehead atoms. The van der Waals surface area contributed by atoms with Crippen molar-refractivity contribution in [2.75, 3.05) is 13.1 Å². The molecule has 0 spiro atoms. The molecule has 1 fully saturated rings. The SMILES string of the molecule is Cc1c(C(=O)N2CCCCC2CN)nnn1-c1cccc2ncccc12. The molecule has 3 aromatic rings. The highest BCUT2D eigenvalue weighted by molar-refractivity contribution is 5.94. The first kappa shape index (κ1) is 16.7. The van der Waals surface area contributed by atoms with E-state index in [0.717, 1.165) is 48.1 Å². The fourth-order valence-electron chi connectivity index (χ4n) is 3.68. The molecular weight excluding hydrogens is 328 g/mol. The van der Waals surface area contributed by atoms with Crippen molar-refractivity contribution in [3.8, 4) is 5.69 Å². The number of rotatable bonds is 3. The summed E-state index contributed by atoms with van der Waals surface area (Å²) >= 11 is 0. The van der Waals surface area contributed by atoms with Gasteiger partial charge >= 0.3 is 0 Å². The van der Waals surface area contributed by atoms with Gasteiger partial charge in [-0.2, -0.15) is 0 Å². The van der Waals surface area contributed by atoms with Crippen molar-refractivity contribution in [2.24, 2.45) is 5.73 Å². The average Bonchev–Trinajstić information content (AvgIpc) is 3.08. The number of amides is 1. The molecule has 7 heteroatoms. The smallest absolute Gasteiger partial charge is 0.276 e. The molecule has 134 valence electrons. The second kappa shape index (κ2) is 6.84. The molecule has 4 rings (SSSR count). The van der Waals surface area contributed by atoms with Gasteiger partial charge < -0.3 is 10.6 Å². The van der Waals surface area contributed by atoms with Gasteiger partial charge in [-0.1, -0.05) is 11.3 Å². The van der Waals surface area contributed by atoms with Crippen molar-refractivity contribution in [1.82, 2.24) is 24.9 Å². The normalized spacial score (nSPS) is 17.6. The Hall–Kier alpha value is -2.80. The molecular formula is C19H22N6O. The van der Waals surface area contributed by atoms with Crippen LogP contribution in [-0.4, -0.2) is 49.9 Å². The van der Waals surface area contributed by atoms with Crippen molar-refractivity contribution in [2.45, 2.75) is 32.2 Å². The van der Waals surface area contributed by atoms with Gasteiger partial charge in [0.15, 0.2) is 5.69 Å². The second-order valence-corrected chi connectivity index (χ2v) is 6.67. The highest BCUT2D eigenvalue weighted by Crippen LogP contribution is 2.24. The maximum atomic E-state index is 13.0. The van der Waals surface area contributed by atoms with E-state index >= 15 is 0 Å². The number of piperidine rings is 1. The summed E-state index contributed by atoms with van der Waals surface area (Å²) in [5.74, 6) is -0.0812. The van der Waals surface area contributed by atoms with E-state index in [1.165, 1.54) is 0 Å². The van der Waals surface area contributed by atoms with E-state index < -0.39 is 0 Å². The number of aromatic nitrogens is 4. The minimum Gasteiger partial charge on any atom is -0.333 e. The summed E-state index contributed by atoms with van der Waals surface area (Å²) in [7, 11) is 0. The van der Waals surface area contributed by atoms with Crippen LogP contribution in [0.5, 0.6) is 0 Å². The number of likely N-dealkylation sites (tertiary alicyclic amines) is 1. The molecule has 26 heavy (non-hydrogen) atoms. The molecule has 2 N–H and O–H groups in total. The molecule has 1 aliphatic heterocycles. The predicted molar refractivity (Wildman–Crippen MR) is 99.1 cm³/mol. The summed E-state index contributed by atoms with van der Waals surface area (Å²) in [5.41, 5.74) is 8.74. The van der Waals surface area contributed by atoms with Gasteiger partial charge in [0.25, 0.3) is 5.91 Å². The fourth-order valence-corrected chi connectivity index (χ4v) is 3.68. The van der Waals surface area contributed by atoms with E-state index in [-0.39, 0.29) is 11.9 Å². The zero-order valence-electron chi connectivity index (χ0n) is 14.8. The van der Waals surface area contributed by atoms with E-state index in [9.17, 15) is 4.79 Å². The van der Waals surface area contributed by atoms with Crippen LogP contribution >= 0.6 is 0 Å². The van der Waals surface area contributed by atoms with Crippen molar-refractivity contribution in [1.29, 1.82) is 0 Å². The number of pyridine rings is 1. The Kier molecular flexibility index (Phi) is 4.38. The maximum Gasteiger partial charge on any atom is 0.276 e. The average molecular weight is 350 g/mol. The molecule has 1 amide bonds. The molecule has 1 saturated heterocycles. The third-order valence-electron chi connectivity index (χ3n) is 5.11. The molecule has 0 saturated carbocycles. The van der Waals surface area contributed by atoms with Gasteiger partial charge in [0, 0.05) is 30.7 Å². The van der Waals surface area contributed by atoms with Crippen LogP contribution in [0.25, 0.3) is 16.6 Å². The van der Waals surface area contributed by atoms with Gasteiger partial charge in [0.2, 0.25) is 0 Å². The summed E-state index contributed by atoms with van der Waals surface area (Å²) in [6, 6.07) is 9.82. The van der Waals surface area contributed by atoms with Gasteiger partial charge in [-0.3, -0.25) is 9.78 Å². The van der Waals surface area contributed by atoms with Gasteiger partial charge in [0.1, 0.15) is 0 Å². The lowest BCUT2D eigenvalue weighted by atomic mass is 10.0. The molecule has 2 aromatic heterocycles. The quantitative estimate of drug-likeness (QED) is 0.781. The van der Waals surface area contributed by atoms with Crippen LogP contribution in [0.2, 0.25) is 0 Å². The Morgan fingerprint density at radius 2 is 2.15 bits per heavy atom. The van der Waals surface area contributed by atoms with Crippen molar-refractivity contribution in [3.63, 3.8) is 0 Å². The Morgan fingerprint density at radius 3 is 3.00 bits per heavy atom. The van der Waals surface area contributed by atoms with Crippen LogP contribution in [-0.2, 0) is 0 Å². The van der Waals surface area contributed by atoms with Crippen LogP contribution < -0.4 is 5.73 Å². The molecule has 1 aliphatic rings. The summed E-state index contributed by atoms with van der Waals surface area (Å²) in [6.07, 6.45) is 4.83. The molecule has 0 aliphatic carbocycles. The Labute approximate surface area is 151 Å². The van der Waals surface area contributed by atoms with Crippen LogP contribution in [0, 0.1) is 6.92 Å². The lowest BCUT2D eigenvalue weighted by molar-refractivity contribution is 0.0616. The lowest BCUT2D eigenvalue weighted by Gasteiger charge is -2.34. The number of carbonyl (C=O) groups is 1. The van der Waals surface area contributed by atoms with E-state index in [0.29, 0.717) is 12.2 Å². The summed E-state index contributed by atoms with van der Waals surface area (Å²) < 4.78 is 1.72. The van der Waals surface area contributed by atoms with E-state index in [4.69, 9.17) is 5.73 Å². The number of carbonyl (C=O) groups excluding carboxylic acids is 1. The largest absolute Gasteiger partial charge is 0.333 e. The molecule has 1 atom stereocenters. The third kappa shape index (κ3) is 2.74. The molecule has 3 heterocycles. The molecule has 7 nitrogen and oxygen atoms in total. The van der Waals surface area contributed by atoms with Gasteiger partial charge in [0.05, 0.1) is 16.9 Å². The van der Waals surface area contributed by atoms with Crippen LogP contribution in [0.1, 0.15) is 35.4 Å². The number of benzene rings is 1. The Balaban J connectivity index is 1.73.